The Kier molecular flexibility index (Phi) is 9.00. The third kappa shape index (κ3) is 5.35. The van der Waals surface area contributed by atoms with E-state index >= 15 is 0 Å². The van der Waals surface area contributed by atoms with Gasteiger partial charge in [0.05, 0.1) is 31.9 Å². The van der Waals surface area contributed by atoms with Gasteiger partial charge in [-0.1, -0.05) is 26.8 Å². The van der Waals surface area contributed by atoms with E-state index in [0.717, 1.165) is 33.4 Å². The number of nitriles is 1. The van der Waals surface area contributed by atoms with E-state index in [1.165, 1.54) is 6.92 Å². The molecule has 0 radical (unpaired) electrons. The van der Waals surface area contributed by atoms with Crippen molar-refractivity contribution in [3.8, 4) is 34.8 Å². The summed E-state index contributed by atoms with van der Waals surface area (Å²) in [4.78, 5) is 17.3. The second kappa shape index (κ2) is 12.5. The maximum atomic E-state index is 12.6. The van der Waals surface area contributed by atoms with Gasteiger partial charge in [0.15, 0.2) is 38.1 Å². The number of piperazine rings is 1. The molecular weight excluding hydrogens is 630 g/mol. The smallest absolute Gasteiger partial charge is 0.308 e. The van der Waals surface area contributed by atoms with Crippen LogP contribution >= 0.6 is 0 Å². The van der Waals surface area contributed by atoms with Crippen LogP contribution in [0.15, 0.2) is 6.07 Å². The molecule has 0 spiro atoms. The Balaban J connectivity index is 1.62. The zero-order chi connectivity index (χ0) is 34.9. The average molecular weight is 680 g/mol. The predicted octanol–water partition coefficient (Wildman–Crippen LogP) is 5.74. The fraction of sp³-hybridized carbons (Fsp3) is 0.611. The number of nitrogens with zero attached hydrogens (tertiary/aromatic N) is 3. The topological polar surface area (TPSA) is 112 Å². The van der Waals surface area contributed by atoms with Crippen molar-refractivity contribution in [1.29, 1.82) is 5.26 Å². The highest BCUT2D eigenvalue weighted by Gasteiger charge is 2.57. The minimum atomic E-state index is -2.25. The van der Waals surface area contributed by atoms with E-state index in [-0.39, 0.29) is 42.8 Å². The third-order valence-corrected chi connectivity index (χ3v) is 15.7. The van der Waals surface area contributed by atoms with Crippen molar-refractivity contribution >= 4 is 14.3 Å². The quantitative estimate of drug-likeness (QED) is 0.147. The first-order valence-corrected chi connectivity index (χ1v) is 19.6. The molecule has 0 N–H and O–H groups in total. The number of carbonyl (C=O) groups excluding carboxylic acids is 1. The van der Waals surface area contributed by atoms with Gasteiger partial charge in [-0.05, 0) is 63.0 Å². The van der Waals surface area contributed by atoms with Crippen molar-refractivity contribution in [2.75, 3.05) is 41.5 Å². The largest absolute Gasteiger partial charge is 0.493 e. The molecule has 5 atom stereocenters. The molecule has 11 nitrogen and oxygen atoms in total. The van der Waals surface area contributed by atoms with Gasteiger partial charge >= 0.3 is 5.97 Å². The van der Waals surface area contributed by atoms with Crippen LogP contribution in [0.2, 0.25) is 18.1 Å². The standard InChI is InChI=1S/C36H49N3O8Si/c1-19-12-22-13-24-26(15-37)39-25(30(38(24)7)28(22)34(31(19)42-9)43-17-41-8)14-23-29(27(39)16-46-48(10,11)36(4,5)6)35-33(44-18-45-35)20(2)32(23)47-21(3)40/h12,24-27,30H,13-14,16-18H2,1-11H3/t24-,25-,26-,27-,30-/m0/s1. The number of benzene rings is 2. The van der Waals surface area contributed by atoms with Crippen molar-refractivity contribution in [3.63, 3.8) is 0 Å². The van der Waals surface area contributed by atoms with Crippen LogP contribution in [-0.4, -0.2) is 83.7 Å². The first-order chi connectivity index (χ1) is 22.7. The number of likely N-dealkylation sites (N-methyl/N-ethyl adjacent to an activating group) is 1. The van der Waals surface area contributed by atoms with E-state index in [4.69, 9.17) is 32.8 Å². The lowest BCUT2D eigenvalue weighted by molar-refractivity contribution is -0.132. The lowest BCUT2D eigenvalue weighted by atomic mass is 9.71. The van der Waals surface area contributed by atoms with Gasteiger partial charge in [0.1, 0.15) is 11.8 Å². The summed E-state index contributed by atoms with van der Waals surface area (Å²) < 4.78 is 42.9. The molecule has 48 heavy (non-hydrogen) atoms. The van der Waals surface area contributed by atoms with Gasteiger partial charge in [0.2, 0.25) is 6.79 Å². The first kappa shape index (κ1) is 34.5. The Hall–Kier alpha value is -3.34. The number of fused-ring (bicyclic) bond motifs is 9. The van der Waals surface area contributed by atoms with E-state index < -0.39 is 20.3 Å². The Morgan fingerprint density at radius 1 is 1.06 bits per heavy atom. The second-order valence-electron chi connectivity index (χ2n) is 14.9. The maximum absolute atomic E-state index is 12.6. The van der Waals surface area contributed by atoms with Crippen molar-refractivity contribution in [2.45, 2.75) is 103 Å². The highest BCUT2D eigenvalue weighted by molar-refractivity contribution is 6.74. The van der Waals surface area contributed by atoms with E-state index in [1.54, 1.807) is 14.2 Å². The van der Waals surface area contributed by atoms with Crippen LogP contribution in [0, 0.1) is 25.2 Å². The summed E-state index contributed by atoms with van der Waals surface area (Å²) in [5, 5.41) is 11.0. The highest BCUT2D eigenvalue weighted by Crippen LogP contribution is 2.59. The van der Waals surface area contributed by atoms with Crippen LogP contribution in [0.3, 0.4) is 0 Å². The van der Waals surface area contributed by atoms with Crippen LogP contribution < -0.4 is 23.7 Å². The summed E-state index contributed by atoms with van der Waals surface area (Å²) in [6, 6.07) is 3.54. The number of rotatable bonds is 8. The zero-order valence-corrected chi connectivity index (χ0v) is 31.1. The Morgan fingerprint density at radius 2 is 1.77 bits per heavy atom. The van der Waals surface area contributed by atoms with E-state index in [2.05, 4.69) is 62.8 Å². The van der Waals surface area contributed by atoms with Gasteiger partial charge in [0, 0.05) is 48.4 Å². The van der Waals surface area contributed by atoms with Crippen LogP contribution in [-0.2, 0) is 26.8 Å². The van der Waals surface area contributed by atoms with Crippen LogP contribution in [0.5, 0.6) is 28.7 Å². The molecule has 4 aliphatic heterocycles. The maximum Gasteiger partial charge on any atom is 0.308 e. The van der Waals surface area contributed by atoms with Crippen LogP contribution in [0.1, 0.15) is 73.2 Å². The van der Waals surface area contributed by atoms with Crippen molar-refractivity contribution in [1.82, 2.24) is 9.80 Å². The molecule has 12 heteroatoms. The summed E-state index contributed by atoms with van der Waals surface area (Å²) in [5.41, 5.74) is 5.60. The molecule has 0 aromatic heterocycles. The summed E-state index contributed by atoms with van der Waals surface area (Å²) in [7, 11) is 3.11. The summed E-state index contributed by atoms with van der Waals surface area (Å²) >= 11 is 0. The minimum absolute atomic E-state index is 0.0319. The minimum Gasteiger partial charge on any atom is -0.493 e. The number of hydrogen-bond acceptors (Lipinski definition) is 11. The molecule has 0 unspecified atom stereocenters. The zero-order valence-electron chi connectivity index (χ0n) is 30.1. The number of esters is 1. The highest BCUT2D eigenvalue weighted by atomic mass is 28.4. The molecule has 0 saturated carbocycles. The number of methoxy groups -OCH3 is 2. The van der Waals surface area contributed by atoms with Gasteiger partial charge < -0.3 is 32.8 Å². The Labute approximate surface area is 285 Å². The summed E-state index contributed by atoms with van der Waals surface area (Å²) in [6.45, 7) is 16.9. The lowest BCUT2D eigenvalue weighted by Gasteiger charge is -2.60. The Bertz CT molecular complexity index is 1660. The van der Waals surface area contributed by atoms with Gasteiger partial charge in [0.25, 0.3) is 0 Å². The normalized spacial score (nSPS) is 24.7. The number of ether oxygens (including phenoxy) is 6. The molecule has 2 aromatic carbocycles. The van der Waals surface area contributed by atoms with Gasteiger partial charge in [-0.15, -0.1) is 0 Å². The van der Waals surface area contributed by atoms with Crippen LogP contribution in [0.4, 0.5) is 0 Å². The molecule has 4 heterocycles. The molecule has 4 aliphatic rings. The van der Waals surface area contributed by atoms with Crippen molar-refractivity contribution in [2.24, 2.45) is 0 Å². The molecule has 2 bridgehead atoms. The molecule has 260 valence electrons. The van der Waals surface area contributed by atoms with Gasteiger partial charge in [-0.3, -0.25) is 14.6 Å². The average Bonchev–Trinajstić information content (AvgIpc) is 3.50. The van der Waals surface area contributed by atoms with Gasteiger partial charge in [-0.25, -0.2) is 0 Å². The molecule has 2 aromatic rings. The predicted molar refractivity (Wildman–Crippen MR) is 181 cm³/mol. The lowest BCUT2D eigenvalue weighted by Crippen LogP contribution is -2.68. The van der Waals surface area contributed by atoms with Crippen LogP contribution in [0.25, 0.3) is 0 Å². The summed E-state index contributed by atoms with van der Waals surface area (Å²) in [6.07, 6.45) is 1.15. The van der Waals surface area contributed by atoms with E-state index in [0.29, 0.717) is 48.2 Å². The number of carbonyl (C=O) groups is 1. The SMILES string of the molecule is COCOc1c(OC)c(C)cc2c1[C@@H]1[C@@H]3Cc4c(OC(C)=O)c(C)c5c(c4[C@H](CO[Si](C)(C)C(C)(C)C)N3[C@@H](C#N)[C@H](C2)N1C)OCO5. The van der Waals surface area contributed by atoms with Crippen molar-refractivity contribution < 1.29 is 37.6 Å². The van der Waals surface area contributed by atoms with E-state index in [9.17, 15) is 10.1 Å². The molecule has 1 fully saturated rings. The number of hydrogen-bond donors (Lipinski definition) is 0. The fourth-order valence-electron chi connectivity index (χ4n) is 8.01. The monoisotopic (exact) mass is 679 g/mol. The number of aryl methyl sites for hydroxylation is 1. The third-order valence-electron chi connectivity index (χ3n) is 11.2. The Morgan fingerprint density at radius 3 is 2.40 bits per heavy atom. The molecule has 1 saturated heterocycles. The molecule has 0 amide bonds. The van der Waals surface area contributed by atoms with Crippen molar-refractivity contribution in [3.05, 3.63) is 39.4 Å². The molecule has 0 aliphatic carbocycles. The van der Waals surface area contributed by atoms with Gasteiger partial charge in [-0.2, -0.15) is 5.26 Å². The first-order valence-electron chi connectivity index (χ1n) is 16.6. The summed E-state index contributed by atoms with van der Waals surface area (Å²) in [5.74, 6) is 2.62. The fourth-order valence-corrected chi connectivity index (χ4v) is 9.02. The van der Waals surface area contributed by atoms with E-state index in [1.807, 2.05) is 13.8 Å². The molecule has 6 rings (SSSR count). The second-order valence-corrected chi connectivity index (χ2v) is 19.8. The molecular formula is C36H49N3O8Si.